The Labute approximate surface area is 136 Å². The molecule has 0 spiro atoms. The van der Waals surface area contributed by atoms with Gasteiger partial charge in [0.2, 0.25) is 5.91 Å². The molecule has 1 aliphatic heterocycles. The van der Waals surface area contributed by atoms with Crippen LogP contribution in [-0.2, 0) is 9.59 Å². The first kappa shape index (κ1) is 15.8. The van der Waals surface area contributed by atoms with Crippen molar-refractivity contribution in [3.8, 4) is 0 Å². The first-order valence-electron chi connectivity index (χ1n) is 8.56. The smallest absolute Gasteiger partial charge is 0.261 e. The molecule has 6 heteroatoms. The van der Waals surface area contributed by atoms with Crippen LogP contribution in [0.1, 0.15) is 57.8 Å². The Bertz CT molecular complexity index is 454. The van der Waals surface area contributed by atoms with Gasteiger partial charge >= 0.3 is 0 Å². The quantitative estimate of drug-likeness (QED) is 0.761. The second kappa shape index (κ2) is 7.49. The summed E-state index contributed by atoms with van der Waals surface area (Å²) in [5, 5.41) is 7.03. The third-order valence-corrected chi connectivity index (χ3v) is 5.73. The summed E-state index contributed by atoms with van der Waals surface area (Å²) in [5.74, 6) is 0.325. The zero-order valence-corrected chi connectivity index (χ0v) is 13.8. The molecule has 0 bridgehead atoms. The fraction of sp³-hybridized carbons (Fsp3) is 0.812. The standard InChI is InChI=1S/C16H25N3O2S/c20-14(11-7-8-11)17-10-9-13-15(21)19-16(22-13)18-12-5-3-1-2-4-6-12/h11-13H,1-10H2,(H,17,20)(H,18,19,21). The molecular weight excluding hydrogens is 298 g/mol. The van der Waals surface area contributed by atoms with E-state index in [2.05, 4.69) is 15.6 Å². The van der Waals surface area contributed by atoms with E-state index < -0.39 is 0 Å². The van der Waals surface area contributed by atoms with Crippen molar-refractivity contribution in [3.63, 3.8) is 0 Å². The maximum absolute atomic E-state index is 12.0. The summed E-state index contributed by atoms with van der Waals surface area (Å²) in [4.78, 5) is 27.7. The van der Waals surface area contributed by atoms with Crippen molar-refractivity contribution in [2.24, 2.45) is 10.9 Å². The molecule has 122 valence electrons. The number of thioether (sulfide) groups is 1. The largest absolute Gasteiger partial charge is 0.362 e. The SMILES string of the molecule is O=C(NCCC1SC(NC2CCCCCC2)=NC1=O)C1CC1. The lowest BCUT2D eigenvalue weighted by Gasteiger charge is -2.17. The summed E-state index contributed by atoms with van der Waals surface area (Å²) in [6.45, 7) is 0.574. The van der Waals surface area contributed by atoms with Crippen LogP contribution in [0.4, 0.5) is 0 Å². The van der Waals surface area contributed by atoms with Gasteiger partial charge in [-0.05, 0) is 32.1 Å². The second-order valence-corrected chi connectivity index (χ2v) is 7.74. The third-order valence-electron chi connectivity index (χ3n) is 4.58. The van der Waals surface area contributed by atoms with E-state index in [1.807, 2.05) is 0 Å². The Hall–Kier alpha value is -1.04. The molecule has 0 aromatic carbocycles. The van der Waals surface area contributed by atoms with Gasteiger partial charge in [-0.3, -0.25) is 9.59 Å². The van der Waals surface area contributed by atoms with Crippen LogP contribution in [0.15, 0.2) is 4.99 Å². The molecule has 22 heavy (non-hydrogen) atoms. The van der Waals surface area contributed by atoms with Crippen LogP contribution in [0.25, 0.3) is 0 Å². The molecule has 3 aliphatic rings. The highest BCUT2D eigenvalue weighted by Crippen LogP contribution is 2.29. The van der Waals surface area contributed by atoms with Crippen molar-refractivity contribution in [3.05, 3.63) is 0 Å². The molecule has 2 amide bonds. The molecule has 1 heterocycles. The Kier molecular flexibility index (Phi) is 5.39. The molecule has 2 aliphatic carbocycles. The maximum atomic E-state index is 12.0. The van der Waals surface area contributed by atoms with Gasteiger partial charge in [0.05, 0.1) is 5.25 Å². The number of nitrogens with zero attached hydrogens (tertiary/aromatic N) is 1. The molecule has 0 aromatic rings. The molecule has 1 atom stereocenters. The molecule has 0 saturated heterocycles. The molecule has 5 nitrogen and oxygen atoms in total. The van der Waals surface area contributed by atoms with Gasteiger partial charge in [0.25, 0.3) is 5.91 Å². The Morgan fingerprint density at radius 3 is 2.55 bits per heavy atom. The Morgan fingerprint density at radius 1 is 1.14 bits per heavy atom. The van der Waals surface area contributed by atoms with Crippen LogP contribution in [0.5, 0.6) is 0 Å². The van der Waals surface area contributed by atoms with Crippen LogP contribution < -0.4 is 10.6 Å². The lowest BCUT2D eigenvalue weighted by atomic mass is 10.1. The number of carbonyl (C=O) groups is 2. The third kappa shape index (κ3) is 4.48. The predicted molar refractivity (Wildman–Crippen MR) is 88.8 cm³/mol. The second-order valence-electron chi connectivity index (χ2n) is 6.55. The molecule has 3 rings (SSSR count). The van der Waals surface area contributed by atoms with Crippen LogP contribution >= 0.6 is 11.8 Å². The van der Waals surface area contributed by atoms with Crippen molar-refractivity contribution in [1.29, 1.82) is 0 Å². The van der Waals surface area contributed by atoms with E-state index in [0.717, 1.165) is 18.0 Å². The molecular formula is C16H25N3O2S. The van der Waals surface area contributed by atoms with Gasteiger partial charge in [-0.2, -0.15) is 4.99 Å². The van der Waals surface area contributed by atoms with Crippen molar-refractivity contribution in [2.45, 2.75) is 69.1 Å². The highest BCUT2D eigenvalue weighted by atomic mass is 32.2. The number of nitrogens with one attached hydrogen (secondary N) is 2. The molecule has 0 aromatic heterocycles. The molecule has 1 unspecified atom stereocenters. The van der Waals surface area contributed by atoms with E-state index >= 15 is 0 Å². The fourth-order valence-corrected chi connectivity index (χ4v) is 4.08. The lowest BCUT2D eigenvalue weighted by molar-refractivity contribution is -0.122. The average molecular weight is 323 g/mol. The number of hydrogen-bond acceptors (Lipinski definition) is 4. The zero-order chi connectivity index (χ0) is 15.4. The summed E-state index contributed by atoms with van der Waals surface area (Å²) in [5.41, 5.74) is 0. The minimum absolute atomic E-state index is 0.0539. The predicted octanol–water partition coefficient (Wildman–Crippen LogP) is 2.21. The van der Waals surface area contributed by atoms with Gasteiger partial charge in [-0.15, -0.1) is 0 Å². The topological polar surface area (TPSA) is 70.6 Å². The number of carbonyl (C=O) groups excluding carboxylic acids is 2. The van der Waals surface area contributed by atoms with E-state index in [9.17, 15) is 9.59 Å². The minimum Gasteiger partial charge on any atom is -0.362 e. The van der Waals surface area contributed by atoms with E-state index in [0.29, 0.717) is 19.0 Å². The van der Waals surface area contributed by atoms with Gasteiger partial charge in [-0.25, -0.2) is 0 Å². The fourth-order valence-electron chi connectivity index (χ4n) is 3.05. The molecule has 2 fully saturated rings. The van der Waals surface area contributed by atoms with E-state index in [1.54, 1.807) is 0 Å². The first-order valence-corrected chi connectivity index (χ1v) is 9.44. The summed E-state index contributed by atoms with van der Waals surface area (Å²) in [7, 11) is 0. The number of rotatable bonds is 5. The molecule has 2 N–H and O–H groups in total. The molecule has 0 radical (unpaired) electrons. The maximum Gasteiger partial charge on any atom is 0.261 e. The Balaban J connectivity index is 1.39. The normalized spacial score (nSPS) is 26.5. The number of hydrogen-bond donors (Lipinski definition) is 2. The van der Waals surface area contributed by atoms with Crippen LogP contribution in [0, 0.1) is 5.92 Å². The summed E-state index contributed by atoms with van der Waals surface area (Å²) >= 11 is 1.53. The molecule has 2 saturated carbocycles. The van der Waals surface area contributed by atoms with E-state index in [1.165, 1.54) is 50.3 Å². The summed E-state index contributed by atoms with van der Waals surface area (Å²) in [6.07, 6.45) is 10.2. The highest BCUT2D eigenvalue weighted by molar-refractivity contribution is 8.15. The van der Waals surface area contributed by atoms with Gasteiger partial charge in [0, 0.05) is 18.5 Å². The van der Waals surface area contributed by atoms with Gasteiger partial charge in [0.1, 0.15) is 0 Å². The van der Waals surface area contributed by atoms with Gasteiger partial charge in [-0.1, -0.05) is 37.4 Å². The van der Waals surface area contributed by atoms with Crippen molar-refractivity contribution in [1.82, 2.24) is 10.6 Å². The van der Waals surface area contributed by atoms with Crippen molar-refractivity contribution < 1.29 is 9.59 Å². The van der Waals surface area contributed by atoms with Crippen LogP contribution in [-0.4, -0.2) is 34.8 Å². The average Bonchev–Trinajstić information content (AvgIpc) is 3.30. The van der Waals surface area contributed by atoms with E-state index in [4.69, 9.17) is 0 Å². The number of aliphatic imine (C=N–C) groups is 1. The number of amidine groups is 1. The number of amides is 2. The summed E-state index contributed by atoms with van der Waals surface area (Å²) in [6, 6.07) is 0.467. The first-order chi connectivity index (χ1) is 10.7. The van der Waals surface area contributed by atoms with Crippen molar-refractivity contribution >= 4 is 28.7 Å². The summed E-state index contributed by atoms with van der Waals surface area (Å²) < 4.78 is 0. The Morgan fingerprint density at radius 2 is 1.86 bits per heavy atom. The van der Waals surface area contributed by atoms with E-state index in [-0.39, 0.29) is 23.0 Å². The van der Waals surface area contributed by atoms with Crippen molar-refractivity contribution in [2.75, 3.05) is 6.54 Å². The zero-order valence-electron chi connectivity index (χ0n) is 13.0. The minimum atomic E-state index is -0.132. The van der Waals surface area contributed by atoms with Gasteiger partial charge in [0.15, 0.2) is 5.17 Å². The monoisotopic (exact) mass is 323 g/mol. The van der Waals surface area contributed by atoms with Gasteiger partial charge < -0.3 is 10.6 Å². The highest BCUT2D eigenvalue weighted by Gasteiger charge is 2.31. The van der Waals surface area contributed by atoms with Crippen LogP contribution in [0.2, 0.25) is 0 Å². The van der Waals surface area contributed by atoms with Crippen LogP contribution in [0.3, 0.4) is 0 Å². The lowest BCUT2D eigenvalue weighted by Crippen LogP contribution is -2.32.